The third-order valence-electron chi connectivity index (χ3n) is 3.12. The van der Waals surface area contributed by atoms with E-state index >= 15 is 0 Å². The summed E-state index contributed by atoms with van der Waals surface area (Å²) in [7, 11) is 0. The topological polar surface area (TPSA) is 21.3 Å². The fourth-order valence-corrected chi connectivity index (χ4v) is 2.21. The molecule has 82 valence electrons. The highest BCUT2D eigenvalue weighted by atomic mass is 19.3. The van der Waals surface area contributed by atoms with E-state index in [1.165, 1.54) is 0 Å². The van der Waals surface area contributed by atoms with Gasteiger partial charge in [-0.05, 0) is 19.3 Å². The highest BCUT2D eigenvalue weighted by Gasteiger charge is 2.35. The second kappa shape index (κ2) is 4.11. The average molecular weight is 205 g/mol. The Kier molecular flexibility index (Phi) is 3.02. The van der Waals surface area contributed by atoms with Gasteiger partial charge in [0, 0.05) is 31.5 Å². The van der Waals surface area contributed by atoms with E-state index in [1.54, 1.807) is 0 Å². The van der Waals surface area contributed by atoms with Gasteiger partial charge in [-0.25, -0.2) is 8.78 Å². The Hall–Kier alpha value is -0.220. The van der Waals surface area contributed by atoms with E-state index in [0.29, 0.717) is 18.9 Å². The van der Waals surface area contributed by atoms with Gasteiger partial charge in [-0.1, -0.05) is 0 Å². The minimum absolute atomic E-state index is 0.0399. The van der Waals surface area contributed by atoms with Crippen molar-refractivity contribution in [3.8, 4) is 0 Å². The van der Waals surface area contributed by atoms with Gasteiger partial charge in [-0.2, -0.15) is 0 Å². The molecule has 2 fully saturated rings. The average Bonchev–Trinajstić information content (AvgIpc) is 2.61. The molecule has 0 bridgehead atoms. The van der Waals surface area contributed by atoms with E-state index < -0.39 is 5.92 Å². The first kappa shape index (κ1) is 10.3. The second-order valence-corrected chi connectivity index (χ2v) is 4.36. The summed E-state index contributed by atoms with van der Waals surface area (Å²) in [5.74, 6) is -2.41. The molecule has 2 rings (SSSR count). The SMILES string of the molecule is FC1(F)CCC(NC2CCOC2)CC1. The molecular formula is C10H17F2NO. The molecule has 1 aliphatic carbocycles. The molecular weight excluding hydrogens is 188 g/mol. The summed E-state index contributed by atoms with van der Waals surface area (Å²) in [6, 6.07) is 0.674. The van der Waals surface area contributed by atoms with E-state index in [1.807, 2.05) is 0 Å². The van der Waals surface area contributed by atoms with E-state index in [0.717, 1.165) is 19.6 Å². The summed E-state index contributed by atoms with van der Waals surface area (Å²) in [5.41, 5.74) is 0. The molecule has 1 heterocycles. The largest absolute Gasteiger partial charge is 0.380 e. The van der Waals surface area contributed by atoms with Crippen LogP contribution in [0.5, 0.6) is 0 Å². The lowest BCUT2D eigenvalue weighted by Gasteiger charge is -2.30. The van der Waals surface area contributed by atoms with Gasteiger partial charge in [0.05, 0.1) is 6.61 Å². The van der Waals surface area contributed by atoms with Crippen molar-refractivity contribution in [1.29, 1.82) is 0 Å². The summed E-state index contributed by atoms with van der Waals surface area (Å²) in [6.45, 7) is 1.55. The Morgan fingerprint density at radius 2 is 1.79 bits per heavy atom. The van der Waals surface area contributed by atoms with E-state index in [-0.39, 0.29) is 18.9 Å². The minimum atomic E-state index is -2.41. The lowest BCUT2D eigenvalue weighted by Crippen LogP contribution is -2.42. The zero-order valence-electron chi connectivity index (χ0n) is 8.27. The summed E-state index contributed by atoms with van der Waals surface area (Å²) >= 11 is 0. The summed E-state index contributed by atoms with van der Waals surface area (Å²) in [4.78, 5) is 0. The van der Waals surface area contributed by atoms with Crippen LogP contribution >= 0.6 is 0 Å². The van der Waals surface area contributed by atoms with Gasteiger partial charge in [0.25, 0.3) is 0 Å². The highest BCUT2D eigenvalue weighted by Crippen LogP contribution is 2.33. The standard InChI is InChI=1S/C10H17F2NO/c11-10(12)4-1-8(2-5-10)13-9-3-6-14-7-9/h8-9,13H,1-7H2. The molecule has 0 radical (unpaired) electrons. The summed E-state index contributed by atoms with van der Waals surface area (Å²) in [6.07, 6.45) is 2.30. The summed E-state index contributed by atoms with van der Waals surface area (Å²) in [5, 5.41) is 3.40. The number of nitrogens with one attached hydrogen (secondary N) is 1. The number of halogens is 2. The fraction of sp³-hybridized carbons (Fsp3) is 1.00. The van der Waals surface area contributed by atoms with Crippen molar-refractivity contribution in [3.05, 3.63) is 0 Å². The molecule has 0 amide bonds. The predicted octanol–water partition coefficient (Wildman–Crippen LogP) is 1.94. The molecule has 0 aromatic rings. The molecule has 1 atom stereocenters. The number of hydrogen-bond donors (Lipinski definition) is 1. The van der Waals surface area contributed by atoms with Crippen LogP contribution in [0.25, 0.3) is 0 Å². The molecule has 4 heteroatoms. The predicted molar refractivity (Wildman–Crippen MR) is 49.6 cm³/mol. The van der Waals surface area contributed by atoms with Crippen LogP contribution in [0.2, 0.25) is 0 Å². The molecule has 14 heavy (non-hydrogen) atoms. The van der Waals surface area contributed by atoms with Crippen molar-refractivity contribution in [1.82, 2.24) is 5.32 Å². The molecule has 0 spiro atoms. The van der Waals surface area contributed by atoms with Gasteiger partial charge in [-0.3, -0.25) is 0 Å². The maximum atomic E-state index is 12.8. The second-order valence-electron chi connectivity index (χ2n) is 4.36. The third-order valence-corrected chi connectivity index (χ3v) is 3.12. The van der Waals surface area contributed by atoms with Crippen molar-refractivity contribution in [2.24, 2.45) is 0 Å². The first-order valence-electron chi connectivity index (χ1n) is 5.37. The van der Waals surface area contributed by atoms with Gasteiger partial charge < -0.3 is 10.1 Å². The normalized spacial score (nSPS) is 33.4. The zero-order chi connectivity index (χ0) is 10.0. The van der Waals surface area contributed by atoms with Gasteiger partial charge in [0.2, 0.25) is 5.92 Å². The van der Waals surface area contributed by atoms with Crippen LogP contribution in [0.4, 0.5) is 8.78 Å². The first-order valence-corrected chi connectivity index (χ1v) is 5.37. The molecule has 1 saturated heterocycles. The van der Waals surface area contributed by atoms with Crippen molar-refractivity contribution in [2.75, 3.05) is 13.2 Å². The lowest BCUT2D eigenvalue weighted by molar-refractivity contribution is -0.0412. The quantitative estimate of drug-likeness (QED) is 0.744. The molecule has 1 N–H and O–H groups in total. The van der Waals surface area contributed by atoms with E-state index in [2.05, 4.69) is 5.32 Å². The van der Waals surface area contributed by atoms with Crippen molar-refractivity contribution >= 4 is 0 Å². The zero-order valence-corrected chi connectivity index (χ0v) is 8.27. The van der Waals surface area contributed by atoms with Crippen LogP contribution in [0.1, 0.15) is 32.1 Å². The number of alkyl halides is 2. The smallest absolute Gasteiger partial charge is 0.248 e. The van der Waals surface area contributed by atoms with Crippen LogP contribution in [0.15, 0.2) is 0 Å². The first-order chi connectivity index (χ1) is 6.66. The van der Waals surface area contributed by atoms with Gasteiger partial charge in [0.15, 0.2) is 0 Å². The monoisotopic (exact) mass is 205 g/mol. The fourth-order valence-electron chi connectivity index (χ4n) is 2.21. The number of hydrogen-bond acceptors (Lipinski definition) is 2. The molecule has 0 aromatic heterocycles. The van der Waals surface area contributed by atoms with Gasteiger partial charge in [0.1, 0.15) is 0 Å². The number of rotatable bonds is 2. The Morgan fingerprint density at radius 3 is 2.36 bits per heavy atom. The lowest BCUT2D eigenvalue weighted by atomic mass is 9.92. The van der Waals surface area contributed by atoms with Crippen LogP contribution in [0.3, 0.4) is 0 Å². The van der Waals surface area contributed by atoms with E-state index in [9.17, 15) is 8.78 Å². The molecule has 1 aliphatic heterocycles. The third kappa shape index (κ3) is 2.64. The summed E-state index contributed by atoms with van der Waals surface area (Å²) < 4.78 is 30.9. The maximum Gasteiger partial charge on any atom is 0.248 e. The van der Waals surface area contributed by atoms with Crippen molar-refractivity contribution in [2.45, 2.75) is 50.1 Å². The Labute approximate surface area is 83.0 Å². The number of ether oxygens (including phenoxy) is 1. The molecule has 2 aliphatic rings. The van der Waals surface area contributed by atoms with Gasteiger partial charge in [-0.15, -0.1) is 0 Å². The molecule has 0 aromatic carbocycles. The van der Waals surface area contributed by atoms with Crippen molar-refractivity contribution < 1.29 is 13.5 Å². The maximum absolute atomic E-state index is 12.8. The van der Waals surface area contributed by atoms with Gasteiger partial charge >= 0.3 is 0 Å². The van der Waals surface area contributed by atoms with Crippen LogP contribution in [0, 0.1) is 0 Å². The Bertz CT molecular complexity index is 183. The Morgan fingerprint density at radius 1 is 1.07 bits per heavy atom. The van der Waals surface area contributed by atoms with Crippen LogP contribution in [-0.4, -0.2) is 31.2 Å². The Balaban J connectivity index is 1.72. The highest BCUT2D eigenvalue weighted by molar-refractivity contribution is 4.84. The van der Waals surface area contributed by atoms with Crippen LogP contribution < -0.4 is 5.32 Å². The molecule has 2 nitrogen and oxygen atoms in total. The van der Waals surface area contributed by atoms with Crippen LogP contribution in [-0.2, 0) is 4.74 Å². The van der Waals surface area contributed by atoms with E-state index in [4.69, 9.17) is 4.74 Å². The molecule has 1 unspecified atom stereocenters. The van der Waals surface area contributed by atoms with Crippen molar-refractivity contribution in [3.63, 3.8) is 0 Å². The minimum Gasteiger partial charge on any atom is -0.380 e. The molecule has 1 saturated carbocycles.